The molecule has 115 heavy (non-hydrogen) atoms. The van der Waals surface area contributed by atoms with E-state index in [2.05, 4.69) is 425 Å². The average molecular weight is 1480 g/mol. The summed E-state index contributed by atoms with van der Waals surface area (Å²) in [7, 11) is 0. The van der Waals surface area contributed by atoms with Crippen LogP contribution in [0, 0.1) is 0 Å². The van der Waals surface area contributed by atoms with Gasteiger partial charge < -0.3 is 18.6 Å². The van der Waals surface area contributed by atoms with Crippen molar-refractivity contribution in [3.8, 4) is 95.0 Å². The first-order chi connectivity index (χ1) is 57.1. The van der Waals surface area contributed by atoms with Gasteiger partial charge in [-0.25, -0.2) is 0 Å². The van der Waals surface area contributed by atoms with Gasteiger partial charge >= 0.3 is 0 Å². The van der Waals surface area contributed by atoms with E-state index in [1.807, 2.05) is 11.8 Å². The van der Waals surface area contributed by atoms with E-state index in [9.17, 15) is 0 Å². The van der Waals surface area contributed by atoms with Crippen LogP contribution in [0.3, 0.4) is 0 Å². The second-order valence-corrected chi connectivity index (χ2v) is 32.2. The third-order valence-electron chi connectivity index (χ3n) is 25.5. The van der Waals surface area contributed by atoms with Gasteiger partial charge in [0.15, 0.2) is 0 Å². The van der Waals surface area contributed by atoms with Crippen LogP contribution in [0.15, 0.2) is 416 Å². The van der Waals surface area contributed by atoms with Crippen molar-refractivity contribution in [3.63, 3.8) is 0 Å². The highest BCUT2D eigenvalue weighted by molar-refractivity contribution is 8.00. The van der Waals surface area contributed by atoms with Gasteiger partial charge in [-0.1, -0.05) is 339 Å². The van der Waals surface area contributed by atoms with Crippen LogP contribution in [0.5, 0.6) is 0 Å². The molecule has 0 bridgehead atoms. The van der Waals surface area contributed by atoms with Crippen LogP contribution >= 0.6 is 11.8 Å². The van der Waals surface area contributed by atoms with Gasteiger partial charge in [0.1, 0.15) is 0 Å². The van der Waals surface area contributed by atoms with Crippen molar-refractivity contribution in [1.82, 2.24) is 13.7 Å². The van der Waals surface area contributed by atoms with Crippen LogP contribution in [0.1, 0.15) is 22.3 Å². The molecule has 1 spiro atoms. The van der Waals surface area contributed by atoms with E-state index in [-0.39, 0.29) is 6.71 Å². The number of hydrogen-bond donors (Lipinski definition) is 0. The molecule has 4 aliphatic rings. The summed E-state index contributed by atoms with van der Waals surface area (Å²) in [5.41, 5.74) is 38.8. The fraction of sp³-hybridized carbons (Fsp3) is 0.00917. The second kappa shape index (κ2) is 24.8. The zero-order chi connectivity index (χ0) is 75.1. The molecule has 4 nitrogen and oxygen atoms in total. The first-order valence-corrected chi connectivity index (χ1v) is 40.7. The van der Waals surface area contributed by atoms with Gasteiger partial charge in [-0.05, 0) is 174 Å². The lowest BCUT2D eigenvalue weighted by Crippen LogP contribution is -2.60. The lowest BCUT2D eigenvalue weighted by Gasteiger charge is -2.42. The molecule has 18 aromatic carbocycles. The zero-order valence-corrected chi connectivity index (χ0v) is 63.3. The molecular weight excluding hydrogens is 1410 g/mol. The fourth-order valence-corrected chi connectivity index (χ4v) is 22.2. The third kappa shape index (κ3) is 9.11. The van der Waals surface area contributed by atoms with Crippen LogP contribution in [-0.2, 0) is 5.41 Å². The summed E-state index contributed by atoms with van der Waals surface area (Å²) in [5, 5.41) is 7.25. The number of benzene rings is 18. The van der Waals surface area contributed by atoms with E-state index < -0.39 is 5.41 Å². The zero-order valence-electron chi connectivity index (χ0n) is 62.5. The van der Waals surface area contributed by atoms with E-state index in [0.717, 1.165) is 101 Å². The summed E-state index contributed by atoms with van der Waals surface area (Å²) in [5.74, 6) is 0. The minimum absolute atomic E-state index is 0.228. The van der Waals surface area contributed by atoms with Gasteiger partial charge in [-0.3, -0.25) is 0 Å². The molecule has 21 aromatic rings. The maximum absolute atomic E-state index is 2.73. The minimum atomic E-state index is -0.555. The molecular formula is C109H67BN4S. The largest absolute Gasteiger partial charge is 0.310 e. The Hall–Kier alpha value is -14.4. The standard InChI is InChI=1S/C109H67BN4S/c1-4-29-68(30-5-1)71-35-26-36-72(63-71)73-57-62-98-86(64-73)84-43-17-21-50-93(84)111(98)75-58-60-91-101(67-75)114(107-76(69-31-6-2-7-32-69)45-27-46-77(107)70-33-8-3-9-34-70)102-65-74(66-103-106(102)110(91)92-61-59-90-105(108(92)115-103)85-44-12-20-49-89(85)109(90)87-47-18-10-37-78(87)79-38-11-19-48-88(79)109)104-99(112-94-51-22-13-39-80(94)81-40-14-23-52-95(81)112)55-28-56-100(104)113-96-53-24-15-41-82(96)83-42-16-25-54-97(83)113/h1-67H. The normalized spacial score (nSPS) is 13.2. The van der Waals surface area contributed by atoms with Crippen molar-refractivity contribution in [2.24, 2.45) is 0 Å². The van der Waals surface area contributed by atoms with Crippen molar-refractivity contribution in [2.75, 3.05) is 4.90 Å². The lowest BCUT2D eigenvalue weighted by atomic mass is 9.34. The molecule has 0 unspecified atom stereocenters. The molecule has 25 rings (SSSR count). The van der Waals surface area contributed by atoms with E-state index in [0.29, 0.717) is 0 Å². The van der Waals surface area contributed by atoms with Gasteiger partial charge in [0, 0.05) is 81.4 Å². The van der Waals surface area contributed by atoms with Crippen molar-refractivity contribution < 1.29 is 0 Å². The van der Waals surface area contributed by atoms with Crippen molar-refractivity contribution >= 4 is 117 Å². The predicted molar refractivity (Wildman–Crippen MR) is 483 cm³/mol. The van der Waals surface area contributed by atoms with Gasteiger partial charge in [-0.15, -0.1) is 0 Å². The number of aromatic nitrogens is 3. The molecule has 2 aliphatic heterocycles. The summed E-state index contributed by atoms with van der Waals surface area (Å²) >= 11 is 1.98. The maximum atomic E-state index is 2.73. The van der Waals surface area contributed by atoms with Crippen molar-refractivity contribution in [2.45, 2.75) is 15.2 Å². The number of nitrogens with zero attached hydrogens (tertiary/aromatic N) is 4. The Bertz CT molecular complexity index is 7370. The predicted octanol–water partition coefficient (Wildman–Crippen LogP) is 26.4. The molecule has 0 atom stereocenters. The topological polar surface area (TPSA) is 18.0 Å². The first kappa shape index (κ1) is 64.3. The monoisotopic (exact) mass is 1470 g/mol. The van der Waals surface area contributed by atoms with Crippen LogP contribution in [0.4, 0.5) is 17.1 Å². The average Bonchev–Trinajstić information content (AvgIpc) is 1.47. The van der Waals surface area contributed by atoms with Crippen LogP contribution in [0.2, 0.25) is 0 Å². The molecule has 3 aromatic heterocycles. The molecule has 0 fully saturated rings. The molecule has 0 amide bonds. The third-order valence-corrected chi connectivity index (χ3v) is 26.7. The summed E-state index contributed by atoms with van der Waals surface area (Å²) < 4.78 is 7.65. The first-order valence-electron chi connectivity index (χ1n) is 39.9. The number of anilines is 3. The van der Waals surface area contributed by atoms with Crippen LogP contribution < -0.4 is 21.3 Å². The Kier molecular flexibility index (Phi) is 13.9. The number of rotatable bonds is 9. The maximum Gasteiger partial charge on any atom is 0.249 e. The molecule has 0 N–H and O–H groups in total. The Morgan fingerprint density at radius 1 is 0.235 bits per heavy atom. The summed E-state index contributed by atoms with van der Waals surface area (Å²) in [6.45, 7) is -0.228. The van der Waals surface area contributed by atoms with E-state index in [4.69, 9.17) is 0 Å². The molecule has 2 aliphatic carbocycles. The van der Waals surface area contributed by atoms with E-state index >= 15 is 0 Å². The summed E-state index contributed by atoms with van der Waals surface area (Å²) in [6.07, 6.45) is 0. The number of para-hydroxylation sites is 6. The molecule has 6 heteroatoms. The van der Waals surface area contributed by atoms with Crippen molar-refractivity contribution in [1.29, 1.82) is 0 Å². The Balaban J connectivity index is 0.825. The Morgan fingerprint density at radius 2 is 0.661 bits per heavy atom. The second-order valence-electron chi connectivity index (χ2n) is 31.2. The Labute approximate surface area is 670 Å². The number of fused-ring (bicyclic) bond motifs is 24. The number of hydrogen-bond acceptors (Lipinski definition) is 2. The van der Waals surface area contributed by atoms with Crippen molar-refractivity contribution in [3.05, 3.63) is 429 Å². The molecule has 532 valence electrons. The molecule has 5 heterocycles. The molecule has 0 radical (unpaired) electrons. The Morgan fingerprint density at radius 3 is 1.23 bits per heavy atom. The minimum Gasteiger partial charge on any atom is -0.310 e. The summed E-state index contributed by atoms with van der Waals surface area (Å²) in [4.78, 5) is 5.25. The van der Waals surface area contributed by atoms with Gasteiger partial charge in [0.05, 0.1) is 55.6 Å². The molecule has 0 saturated heterocycles. The van der Waals surface area contributed by atoms with Gasteiger partial charge in [0.2, 0.25) is 6.71 Å². The molecule has 0 saturated carbocycles. The van der Waals surface area contributed by atoms with Crippen LogP contribution in [0.25, 0.3) is 160 Å². The quantitative estimate of drug-likeness (QED) is 0.134. The highest BCUT2D eigenvalue weighted by Crippen LogP contribution is 2.65. The van der Waals surface area contributed by atoms with Crippen LogP contribution in [-0.4, -0.2) is 20.4 Å². The van der Waals surface area contributed by atoms with E-state index in [1.54, 1.807) is 0 Å². The van der Waals surface area contributed by atoms with Gasteiger partial charge in [-0.2, -0.15) is 0 Å². The SMILES string of the molecule is c1ccc(-c2cccc(-c3ccc4c(c3)c3ccccc3n4-c3ccc4c(c3)N(c3c(-c5ccccc5)cccc3-c3ccccc3)c3cc(-c5c(-n6c7ccccc7c7ccccc76)cccc5-n5c6ccccc6c6ccccc65)cc5c3B4c3ccc4c(c3S5)-c3ccccc3C43c4ccccc4-c4ccccc43)c2)cc1. The van der Waals surface area contributed by atoms with E-state index in [1.165, 1.54) is 125 Å². The highest BCUT2D eigenvalue weighted by atomic mass is 32.2. The fourth-order valence-electron chi connectivity index (χ4n) is 20.9. The summed E-state index contributed by atoms with van der Waals surface area (Å²) in [6, 6.07) is 154. The van der Waals surface area contributed by atoms with Gasteiger partial charge in [0.25, 0.3) is 0 Å². The highest BCUT2D eigenvalue weighted by Gasteiger charge is 2.54. The lowest BCUT2D eigenvalue weighted by molar-refractivity contribution is 0.793. The smallest absolute Gasteiger partial charge is 0.249 e.